The largest absolute Gasteiger partial charge is 0.491 e. The molecule has 1 saturated heterocycles. The van der Waals surface area contributed by atoms with Gasteiger partial charge in [0.1, 0.15) is 12.4 Å². The lowest BCUT2D eigenvalue weighted by molar-refractivity contribution is -0.0326. The molecule has 0 spiro atoms. The molecule has 3 heteroatoms. The highest BCUT2D eigenvalue weighted by Crippen LogP contribution is 2.30. The predicted octanol–water partition coefficient (Wildman–Crippen LogP) is 4.40. The highest BCUT2D eigenvalue weighted by Gasteiger charge is 2.31. The normalized spacial score (nSPS) is 22.2. The Balaban J connectivity index is 1.95. The lowest BCUT2D eigenvalue weighted by Crippen LogP contribution is -2.23. The van der Waals surface area contributed by atoms with Crippen molar-refractivity contribution in [1.29, 1.82) is 0 Å². The van der Waals surface area contributed by atoms with E-state index in [9.17, 15) is 0 Å². The van der Waals surface area contributed by atoms with Gasteiger partial charge in [0.05, 0.1) is 11.7 Å². The van der Waals surface area contributed by atoms with Crippen LogP contribution in [0.1, 0.15) is 37.8 Å². The summed E-state index contributed by atoms with van der Waals surface area (Å²) in [5.74, 6) is 0.932. The van der Waals surface area contributed by atoms with Crippen molar-refractivity contribution in [2.45, 2.75) is 52.2 Å². The van der Waals surface area contributed by atoms with Crippen LogP contribution in [-0.2, 0) is 4.74 Å². The zero-order valence-electron chi connectivity index (χ0n) is 11.5. The minimum Gasteiger partial charge on any atom is -0.491 e. The monoisotopic (exact) mass is 312 g/mol. The standard InChI is InChI=1S/C15H21BrO2/c1-10-7-13(8-11(2)14(10)16)17-9-12-5-6-15(3,4)18-12/h7-8,12H,5-6,9H2,1-4H3. The van der Waals surface area contributed by atoms with Crippen LogP contribution >= 0.6 is 15.9 Å². The molecule has 1 aromatic rings. The molecule has 1 fully saturated rings. The van der Waals surface area contributed by atoms with Gasteiger partial charge < -0.3 is 9.47 Å². The Morgan fingerprint density at radius 2 is 1.94 bits per heavy atom. The molecule has 0 bridgehead atoms. The molecular weight excluding hydrogens is 292 g/mol. The van der Waals surface area contributed by atoms with Gasteiger partial charge in [0.25, 0.3) is 0 Å². The van der Waals surface area contributed by atoms with Crippen LogP contribution in [0.5, 0.6) is 5.75 Å². The van der Waals surface area contributed by atoms with E-state index < -0.39 is 0 Å². The first-order chi connectivity index (χ1) is 8.37. The Morgan fingerprint density at radius 1 is 1.33 bits per heavy atom. The van der Waals surface area contributed by atoms with Gasteiger partial charge in [0.15, 0.2) is 0 Å². The number of hydrogen-bond acceptors (Lipinski definition) is 2. The van der Waals surface area contributed by atoms with Crippen LogP contribution in [0, 0.1) is 13.8 Å². The van der Waals surface area contributed by atoms with Crippen LogP contribution in [0.15, 0.2) is 16.6 Å². The van der Waals surface area contributed by atoms with Gasteiger partial charge in [0, 0.05) is 4.47 Å². The second kappa shape index (κ2) is 5.22. The molecule has 2 rings (SSSR count). The predicted molar refractivity (Wildman–Crippen MR) is 77.3 cm³/mol. The maximum absolute atomic E-state index is 5.92. The maximum Gasteiger partial charge on any atom is 0.120 e. The molecule has 1 heterocycles. The van der Waals surface area contributed by atoms with Gasteiger partial charge in [-0.25, -0.2) is 0 Å². The fraction of sp³-hybridized carbons (Fsp3) is 0.600. The molecule has 1 aliphatic heterocycles. The summed E-state index contributed by atoms with van der Waals surface area (Å²) in [4.78, 5) is 0. The Kier molecular flexibility index (Phi) is 4.02. The molecule has 0 aliphatic carbocycles. The van der Waals surface area contributed by atoms with E-state index in [4.69, 9.17) is 9.47 Å². The van der Waals surface area contributed by atoms with E-state index in [0.29, 0.717) is 6.61 Å². The summed E-state index contributed by atoms with van der Waals surface area (Å²) in [5, 5.41) is 0. The van der Waals surface area contributed by atoms with E-state index in [2.05, 4.69) is 55.8 Å². The summed E-state index contributed by atoms with van der Waals surface area (Å²) >= 11 is 3.57. The smallest absolute Gasteiger partial charge is 0.120 e. The minimum absolute atomic E-state index is 0.0135. The van der Waals surface area contributed by atoms with Gasteiger partial charge in [-0.2, -0.15) is 0 Å². The molecule has 0 amide bonds. The zero-order valence-corrected chi connectivity index (χ0v) is 13.1. The van der Waals surface area contributed by atoms with Gasteiger partial charge in [0.2, 0.25) is 0 Å². The van der Waals surface area contributed by atoms with Crippen molar-refractivity contribution in [3.05, 3.63) is 27.7 Å². The number of hydrogen-bond donors (Lipinski definition) is 0. The van der Waals surface area contributed by atoms with E-state index in [1.807, 2.05) is 0 Å². The fourth-order valence-electron chi connectivity index (χ4n) is 2.37. The van der Waals surface area contributed by atoms with Crippen molar-refractivity contribution >= 4 is 15.9 Å². The molecule has 0 radical (unpaired) electrons. The Morgan fingerprint density at radius 3 is 2.44 bits per heavy atom. The first-order valence-electron chi connectivity index (χ1n) is 6.45. The lowest BCUT2D eigenvalue weighted by atomic mass is 10.1. The van der Waals surface area contributed by atoms with Gasteiger partial charge in [-0.05, 0) is 63.8 Å². The number of benzene rings is 1. The van der Waals surface area contributed by atoms with E-state index in [0.717, 1.165) is 23.1 Å². The Labute approximate surface area is 118 Å². The second-order valence-corrected chi connectivity index (χ2v) is 6.51. The summed E-state index contributed by atoms with van der Waals surface area (Å²) in [7, 11) is 0. The van der Waals surface area contributed by atoms with Gasteiger partial charge in [-0.15, -0.1) is 0 Å². The molecule has 2 nitrogen and oxygen atoms in total. The quantitative estimate of drug-likeness (QED) is 0.823. The number of ether oxygens (including phenoxy) is 2. The van der Waals surface area contributed by atoms with E-state index >= 15 is 0 Å². The minimum atomic E-state index is 0.0135. The number of aryl methyl sites for hydroxylation is 2. The molecule has 1 atom stereocenters. The summed E-state index contributed by atoms with van der Waals surface area (Å²) in [6.45, 7) is 9.09. The Hall–Kier alpha value is -0.540. The average molecular weight is 313 g/mol. The molecule has 0 N–H and O–H groups in total. The third-order valence-electron chi connectivity index (χ3n) is 3.40. The summed E-state index contributed by atoms with van der Waals surface area (Å²) in [6.07, 6.45) is 2.42. The van der Waals surface area contributed by atoms with Crippen LogP contribution in [0.3, 0.4) is 0 Å². The van der Waals surface area contributed by atoms with Crippen molar-refractivity contribution < 1.29 is 9.47 Å². The third kappa shape index (κ3) is 3.27. The molecule has 100 valence electrons. The van der Waals surface area contributed by atoms with Gasteiger partial charge in [-0.1, -0.05) is 15.9 Å². The van der Waals surface area contributed by atoms with Gasteiger partial charge in [-0.3, -0.25) is 0 Å². The summed E-state index contributed by atoms with van der Waals surface area (Å²) in [6, 6.07) is 4.13. The maximum atomic E-state index is 5.92. The topological polar surface area (TPSA) is 18.5 Å². The van der Waals surface area contributed by atoms with Crippen LogP contribution in [0.25, 0.3) is 0 Å². The summed E-state index contributed by atoms with van der Waals surface area (Å²) < 4.78 is 12.9. The van der Waals surface area contributed by atoms with Crippen LogP contribution < -0.4 is 4.74 Å². The van der Waals surface area contributed by atoms with Crippen LogP contribution in [-0.4, -0.2) is 18.3 Å². The lowest BCUT2D eigenvalue weighted by Gasteiger charge is -2.19. The summed E-state index contributed by atoms with van der Waals surface area (Å²) in [5.41, 5.74) is 2.43. The van der Waals surface area contributed by atoms with Crippen molar-refractivity contribution in [1.82, 2.24) is 0 Å². The van der Waals surface area contributed by atoms with Gasteiger partial charge >= 0.3 is 0 Å². The highest BCUT2D eigenvalue weighted by atomic mass is 79.9. The Bertz CT molecular complexity index is 417. The molecule has 0 aromatic heterocycles. The fourth-order valence-corrected chi connectivity index (χ4v) is 2.60. The van der Waals surface area contributed by atoms with Crippen molar-refractivity contribution in [3.63, 3.8) is 0 Å². The number of halogens is 1. The van der Waals surface area contributed by atoms with Crippen molar-refractivity contribution in [2.24, 2.45) is 0 Å². The molecule has 18 heavy (non-hydrogen) atoms. The first kappa shape index (κ1) is 13.9. The van der Waals surface area contributed by atoms with Crippen LogP contribution in [0.4, 0.5) is 0 Å². The first-order valence-corrected chi connectivity index (χ1v) is 7.24. The second-order valence-electron chi connectivity index (χ2n) is 5.72. The molecule has 1 aromatic carbocycles. The van der Waals surface area contributed by atoms with E-state index in [1.54, 1.807) is 0 Å². The molecule has 0 saturated carbocycles. The van der Waals surface area contributed by atoms with E-state index in [-0.39, 0.29) is 11.7 Å². The molecule has 1 unspecified atom stereocenters. The molecular formula is C15H21BrO2. The van der Waals surface area contributed by atoms with Crippen molar-refractivity contribution in [3.8, 4) is 5.75 Å². The van der Waals surface area contributed by atoms with E-state index in [1.165, 1.54) is 11.1 Å². The molecule has 1 aliphatic rings. The SMILES string of the molecule is Cc1cc(OCC2CCC(C)(C)O2)cc(C)c1Br. The zero-order chi connectivity index (χ0) is 13.3. The average Bonchev–Trinajstić information content (AvgIpc) is 2.63. The van der Waals surface area contributed by atoms with Crippen LogP contribution in [0.2, 0.25) is 0 Å². The van der Waals surface area contributed by atoms with Crippen molar-refractivity contribution in [2.75, 3.05) is 6.61 Å². The highest BCUT2D eigenvalue weighted by molar-refractivity contribution is 9.10. The third-order valence-corrected chi connectivity index (χ3v) is 4.65. The number of rotatable bonds is 3.